The molecule has 1 amide bonds. The number of hydrogen-bond donors (Lipinski definition) is 0. The maximum atomic E-state index is 14.6. The summed E-state index contributed by atoms with van der Waals surface area (Å²) in [6.07, 6.45) is 0.782. The highest BCUT2D eigenvalue weighted by Gasteiger charge is 2.69. The smallest absolute Gasteiger partial charge is 0.430 e. The van der Waals surface area contributed by atoms with E-state index in [9.17, 15) is 22.8 Å². The van der Waals surface area contributed by atoms with E-state index in [1.807, 2.05) is 0 Å². The summed E-state index contributed by atoms with van der Waals surface area (Å²) in [7, 11) is 2.15. The van der Waals surface area contributed by atoms with E-state index in [1.165, 1.54) is 36.3 Å². The number of alkyl halides is 3. The fraction of sp³-hybridized carbons (Fsp3) is 0.565. The van der Waals surface area contributed by atoms with Crippen LogP contribution in [0.2, 0.25) is 0 Å². The number of methoxy groups -OCH3 is 2. The molecule has 2 bridgehead atoms. The van der Waals surface area contributed by atoms with Gasteiger partial charge in [-0.2, -0.15) is 13.2 Å². The van der Waals surface area contributed by atoms with Gasteiger partial charge in [-0.25, -0.2) is 4.79 Å². The average molecular weight is 437 g/mol. The van der Waals surface area contributed by atoms with Crippen molar-refractivity contribution in [3.05, 3.63) is 47.5 Å². The monoisotopic (exact) mass is 437 g/mol. The van der Waals surface area contributed by atoms with Crippen molar-refractivity contribution in [2.24, 2.45) is 5.92 Å². The Labute approximate surface area is 179 Å². The third-order valence-electron chi connectivity index (χ3n) is 7.33. The first-order valence-corrected chi connectivity index (χ1v) is 10.5. The topological polar surface area (TPSA) is 55.8 Å². The summed E-state index contributed by atoms with van der Waals surface area (Å²) in [5.41, 5.74) is -3.89. The van der Waals surface area contributed by atoms with Crippen molar-refractivity contribution in [1.29, 1.82) is 0 Å². The molecule has 1 aromatic rings. The molecule has 2 aliphatic heterocycles. The van der Waals surface area contributed by atoms with Crippen LogP contribution < -0.4 is 0 Å². The molecule has 5 nitrogen and oxygen atoms in total. The minimum Gasteiger partial charge on any atom is -0.466 e. The Morgan fingerprint density at radius 3 is 2.45 bits per heavy atom. The van der Waals surface area contributed by atoms with E-state index in [0.29, 0.717) is 19.3 Å². The van der Waals surface area contributed by atoms with Crippen LogP contribution in [0.15, 0.2) is 42.0 Å². The van der Waals surface area contributed by atoms with Crippen LogP contribution in [-0.4, -0.2) is 48.8 Å². The summed E-state index contributed by atoms with van der Waals surface area (Å²) in [4.78, 5) is 27.7. The molecule has 31 heavy (non-hydrogen) atoms. The quantitative estimate of drug-likeness (QED) is 0.665. The number of fused-ring (bicyclic) bond motifs is 1. The number of ether oxygens (including phenoxy) is 2. The maximum absolute atomic E-state index is 14.6. The van der Waals surface area contributed by atoms with E-state index >= 15 is 0 Å². The molecule has 3 aliphatic rings. The largest absolute Gasteiger partial charge is 0.466 e. The number of halogens is 3. The third kappa shape index (κ3) is 3.02. The number of carbonyl (C=O) groups excluding carboxylic acids is 2. The van der Waals surface area contributed by atoms with Gasteiger partial charge in [-0.05, 0) is 31.6 Å². The maximum Gasteiger partial charge on any atom is 0.430 e. The van der Waals surface area contributed by atoms with Gasteiger partial charge in [0.1, 0.15) is 0 Å². The van der Waals surface area contributed by atoms with Crippen LogP contribution >= 0.6 is 0 Å². The van der Waals surface area contributed by atoms with Gasteiger partial charge in [-0.3, -0.25) is 4.79 Å². The Balaban J connectivity index is 1.88. The second kappa shape index (κ2) is 7.65. The normalized spacial score (nSPS) is 29.6. The highest BCUT2D eigenvalue weighted by molar-refractivity contribution is 5.95. The average Bonchev–Trinajstić information content (AvgIpc) is 2.99. The van der Waals surface area contributed by atoms with Crippen molar-refractivity contribution in [2.45, 2.75) is 61.9 Å². The standard InChI is InChI=1S/C23H26F3NO4/c1-30-19(28)17-11-13-21-12-7-6-10-16(21)14-18(17)27(21)20(29)22(31-2,23(24,25)26)15-8-4-3-5-9-15/h3-5,8-9,11,16,18H,6-7,10,12-14H2,1-2H3/t16-,18-,21-,22+/m1/s1. The van der Waals surface area contributed by atoms with Gasteiger partial charge in [0.2, 0.25) is 0 Å². The van der Waals surface area contributed by atoms with E-state index in [4.69, 9.17) is 9.47 Å². The second-order valence-corrected chi connectivity index (χ2v) is 8.58. The molecule has 4 atom stereocenters. The molecule has 1 spiro atoms. The number of hydrogen-bond acceptors (Lipinski definition) is 4. The van der Waals surface area contributed by atoms with Crippen LogP contribution in [0.5, 0.6) is 0 Å². The minimum atomic E-state index is -4.99. The molecule has 1 aliphatic carbocycles. The van der Waals surface area contributed by atoms with Crippen molar-refractivity contribution >= 4 is 11.9 Å². The Morgan fingerprint density at radius 2 is 1.84 bits per heavy atom. The molecule has 1 saturated carbocycles. The van der Waals surface area contributed by atoms with Gasteiger partial charge in [-0.15, -0.1) is 0 Å². The first-order valence-electron chi connectivity index (χ1n) is 10.5. The van der Waals surface area contributed by atoms with E-state index in [0.717, 1.165) is 26.4 Å². The fourth-order valence-corrected chi connectivity index (χ4v) is 5.94. The number of carbonyl (C=O) groups is 2. The van der Waals surface area contributed by atoms with Crippen molar-refractivity contribution in [1.82, 2.24) is 4.90 Å². The molecule has 0 unspecified atom stereocenters. The van der Waals surface area contributed by atoms with E-state index in [1.54, 1.807) is 12.1 Å². The van der Waals surface area contributed by atoms with Crippen LogP contribution in [0, 0.1) is 5.92 Å². The number of rotatable bonds is 4. The summed E-state index contributed by atoms with van der Waals surface area (Å²) in [5.74, 6) is -1.73. The first kappa shape index (κ1) is 21.9. The molecule has 4 rings (SSSR count). The van der Waals surface area contributed by atoms with Gasteiger partial charge in [0.25, 0.3) is 11.5 Å². The van der Waals surface area contributed by atoms with Gasteiger partial charge < -0.3 is 14.4 Å². The zero-order chi connectivity index (χ0) is 22.4. The number of benzene rings is 1. The molecule has 2 fully saturated rings. The molecule has 1 saturated heterocycles. The SMILES string of the molecule is COC(=O)C1=CC[C@]23CCCC[C@@H]2C[C@H]1N3C(=O)[C@@](OC)(c1ccccc1)C(F)(F)F. The van der Waals surface area contributed by atoms with E-state index in [2.05, 4.69) is 0 Å². The molecular weight excluding hydrogens is 411 g/mol. The Kier molecular flexibility index (Phi) is 5.40. The number of amides is 1. The van der Waals surface area contributed by atoms with E-state index in [-0.39, 0.29) is 17.1 Å². The predicted molar refractivity (Wildman–Crippen MR) is 106 cm³/mol. The molecule has 168 valence electrons. The van der Waals surface area contributed by atoms with Gasteiger partial charge in [0.05, 0.1) is 18.7 Å². The summed E-state index contributed by atoms with van der Waals surface area (Å²) in [6, 6.07) is 6.26. The zero-order valence-corrected chi connectivity index (χ0v) is 17.6. The number of nitrogens with zero attached hydrogens (tertiary/aromatic N) is 1. The molecule has 2 heterocycles. The highest BCUT2D eigenvalue weighted by atomic mass is 19.4. The highest BCUT2D eigenvalue weighted by Crippen LogP contribution is 2.57. The summed E-state index contributed by atoms with van der Waals surface area (Å²) >= 11 is 0. The summed E-state index contributed by atoms with van der Waals surface area (Å²) < 4.78 is 53.8. The lowest BCUT2D eigenvalue weighted by atomic mass is 9.71. The Bertz CT molecular complexity index is 900. The third-order valence-corrected chi connectivity index (χ3v) is 7.33. The van der Waals surface area contributed by atoms with Gasteiger partial charge in [-0.1, -0.05) is 49.2 Å². The first-order chi connectivity index (χ1) is 14.7. The van der Waals surface area contributed by atoms with Crippen LogP contribution in [0.1, 0.15) is 44.1 Å². The zero-order valence-electron chi connectivity index (χ0n) is 17.6. The lowest BCUT2D eigenvalue weighted by Crippen LogP contribution is -2.65. The molecule has 0 aromatic heterocycles. The van der Waals surface area contributed by atoms with Gasteiger partial charge >= 0.3 is 12.1 Å². The summed E-state index contributed by atoms with van der Waals surface area (Å²) in [6.45, 7) is 0. The van der Waals surface area contributed by atoms with E-state index < -0.39 is 35.2 Å². The Morgan fingerprint density at radius 1 is 1.13 bits per heavy atom. The fourth-order valence-electron chi connectivity index (χ4n) is 5.94. The van der Waals surface area contributed by atoms with Crippen molar-refractivity contribution < 1.29 is 32.2 Å². The van der Waals surface area contributed by atoms with Crippen LogP contribution in [-0.2, 0) is 24.7 Å². The minimum absolute atomic E-state index is 0.0344. The number of esters is 1. The van der Waals surface area contributed by atoms with Crippen molar-refractivity contribution in [3.8, 4) is 0 Å². The summed E-state index contributed by atoms with van der Waals surface area (Å²) in [5, 5.41) is 0. The lowest BCUT2D eigenvalue weighted by molar-refractivity contribution is -0.273. The van der Waals surface area contributed by atoms with Gasteiger partial charge in [0.15, 0.2) is 0 Å². The second-order valence-electron chi connectivity index (χ2n) is 8.58. The lowest BCUT2D eigenvalue weighted by Gasteiger charge is -2.51. The Hall–Kier alpha value is -2.35. The molecule has 0 N–H and O–H groups in total. The van der Waals surface area contributed by atoms with Crippen LogP contribution in [0.4, 0.5) is 13.2 Å². The van der Waals surface area contributed by atoms with Crippen molar-refractivity contribution in [3.63, 3.8) is 0 Å². The van der Waals surface area contributed by atoms with Crippen LogP contribution in [0.25, 0.3) is 0 Å². The predicted octanol–water partition coefficient (Wildman–Crippen LogP) is 4.12. The molecule has 1 aromatic carbocycles. The molecule has 0 radical (unpaired) electrons. The van der Waals surface area contributed by atoms with Crippen LogP contribution in [0.3, 0.4) is 0 Å². The van der Waals surface area contributed by atoms with Crippen molar-refractivity contribution in [2.75, 3.05) is 14.2 Å². The molecule has 8 heteroatoms. The molecular formula is C23H26F3NO4. The van der Waals surface area contributed by atoms with Gasteiger partial charge in [0, 0.05) is 18.2 Å².